The highest BCUT2D eigenvalue weighted by Gasteiger charge is 1.98. The first-order valence-corrected chi connectivity index (χ1v) is 5.78. The average molecular weight is 241 g/mol. The first kappa shape index (κ1) is 12.1. The molecule has 2 N–H and O–H groups in total. The van der Waals surface area contributed by atoms with Gasteiger partial charge in [0.05, 0.1) is 16.7 Å². The third kappa shape index (κ3) is 2.66. The topological polar surface area (TPSA) is 61.0 Å². The maximum absolute atomic E-state index is 11.1. The van der Waals surface area contributed by atoms with Crippen molar-refractivity contribution in [2.45, 2.75) is 13.8 Å². The first-order chi connectivity index (χ1) is 8.72. The summed E-state index contributed by atoms with van der Waals surface area (Å²) in [5.41, 5.74) is 3.21. The second kappa shape index (κ2) is 5.31. The van der Waals surface area contributed by atoms with E-state index in [1.54, 1.807) is 6.21 Å². The fourth-order valence-corrected chi connectivity index (χ4v) is 1.66. The minimum atomic E-state index is -0.200. The molecule has 0 atom stereocenters. The van der Waals surface area contributed by atoms with Crippen LogP contribution >= 0.6 is 0 Å². The van der Waals surface area contributed by atoms with Gasteiger partial charge in [0.25, 0.3) is 0 Å². The number of aromatic nitrogens is 2. The SMILES string of the molecule is C/C=C\C(C=Nc1ccc2[nH]c(=O)[nH]c2c1)=C/C. The molecule has 0 aliphatic carbocycles. The molecule has 0 radical (unpaired) electrons. The van der Waals surface area contributed by atoms with Crippen LogP contribution in [-0.2, 0) is 0 Å². The largest absolute Gasteiger partial charge is 0.323 e. The molecule has 18 heavy (non-hydrogen) atoms. The second-order valence-corrected chi connectivity index (χ2v) is 3.86. The Bertz CT molecular complexity index is 686. The fourth-order valence-electron chi connectivity index (χ4n) is 1.66. The van der Waals surface area contributed by atoms with Crippen molar-refractivity contribution in [2.75, 3.05) is 0 Å². The molecule has 0 saturated heterocycles. The molecule has 1 aromatic heterocycles. The predicted octanol–water partition coefficient (Wildman–Crippen LogP) is 3.08. The van der Waals surface area contributed by atoms with Crippen molar-refractivity contribution in [1.82, 2.24) is 9.97 Å². The number of nitrogens with zero attached hydrogens (tertiary/aromatic N) is 1. The maximum atomic E-state index is 11.1. The standard InChI is InChI=1S/C14H15N3O/c1-3-5-10(4-2)9-15-11-6-7-12-13(8-11)17-14(18)16-12/h3-9H,1-2H3,(H2,16,17,18)/b5-3-,10-4+,15-9?. The van der Waals surface area contributed by atoms with E-state index in [-0.39, 0.29) is 5.69 Å². The Morgan fingerprint density at radius 3 is 2.72 bits per heavy atom. The highest BCUT2D eigenvalue weighted by Crippen LogP contribution is 2.17. The number of hydrogen-bond acceptors (Lipinski definition) is 2. The maximum Gasteiger partial charge on any atom is 0.323 e. The summed E-state index contributed by atoms with van der Waals surface area (Å²) in [7, 11) is 0. The van der Waals surface area contributed by atoms with E-state index >= 15 is 0 Å². The summed E-state index contributed by atoms with van der Waals surface area (Å²) >= 11 is 0. The number of benzene rings is 1. The molecular weight excluding hydrogens is 226 g/mol. The van der Waals surface area contributed by atoms with Crippen LogP contribution in [0.4, 0.5) is 5.69 Å². The van der Waals surface area contributed by atoms with Crippen molar-refractivity contribution >= 4 is 22.9 Å². The van der Waals surface area contributed by atoms with Crippen molar-refractivity contribution in [2.24, 2.45) is 4.99 Å². The van der Waals surface area contributed by atoms with Crippen LogP contribution in [0.2, 0.25) is 0 Å². The van der Waals surface area contributed by atoms with Gasteiger partial charge in [-0.1, -0.05) is 18.2 Å². The van der Waals surface area contributed by atoms with Gasteiger partial charge in [0.1, 0.15) is 0 Å². The molecule has 0 bridgehead atoms. The van der Waals surface area contributed by atoms with Crippen LogP contribution in [0.5, 0.6) is 0 Å². The van der Waals surface area contributed by atoms with Crippen LogP contribution in [0, 0.1) is 0 Å². The Morgan fingerprint density at radius 2 is 2.00 bits per heavy atom. The van der Waals surface area contributed by atoms with Crippen molar-refractivity contribution in [3.8, 4) is 0 Å². The van der Waals surface area contributed by atoms with Gasteiger partial charge in [-0.05, 0) is 37.6 Å². The number of nitrogens with one attached hydrogen (secondary N) is 2. The van der Waals surface area contributed by atoms with Crippen molar-refractivity contribution in [3.63, 3.8) is 0 Å². The van der Waals surface area contributed by atoms with Gasteiger partial charge in [-0.2, -0.15) is 0 Å². The predicted molar refractivity (Wildman–Crippen MR) is 75.6 cm³/mol. The van der Waals surface area contributed by atoms with Gasteiger partial charge in [0.15, 0.2) is 0 Å². The van der Waals surface area contributed by atoms with Gasteiger partial charge in [-0.15, -0.1) is 0 Å². The Morgan fingerprint density at radius 1 is 1.22 bits per heavy atom. The number of hydrogen-bond donors (Lipinski definition) is 2. The Hall–Kier alpha value is -2.36. The van der Waals surface area contributed by atoms with E-state index in [2.05, 4.69) is 15.0 Å². The van der Waals surface area contributed by atoms with Crippen molar-refractivity contribution < 1.29 is 0 Å². The Labute approximate surface area is 105 Å². The van der Waals surface area contributed by atoms with E-state index in [9.17, 15) is 4.79 Å². The number of imidazole rings is 1. The zero-order valence-electron chi connectivity index (χ0n) is 10.4. The molecule has 2 aromatic rings. The van der Waals surface area contributed by atoms with Gasteiger partial charge < -0.3 is 9.97 Å². The molecule has 0 saturated carbocycles. The zero-order valence-corrected chi connectivity index (χ0v) is 10.4. The molecule has 0 unspecified atom stereocenters. The zero-order chi connectivity index (χ0) is 13.0. The lowest BCUT2D eigenvalue weighted by molar-refractivity contribution is 1.21. The Balaban J connectivity index is 2.31. The molecule has 4 heteroatoms. The van der Waals surface area contributed by atoms with Crippen LogP contribution in [0.15, 0.2) is 51.8 Å². The van der Waals surface area contributed by atoms with E-state index in [0.29, 0.717) is 0 Å². The third-order valence-electron chi connectivity index (χ3n) is 2.55. The smallest absolute Gasteiger partial charge is 0.306 e. The van der Waals surface area contributed by atoms with Crippen molar-refractivity contribution in [1.29, 1.82) is 0 Å². The molecule has 92 valence electrons. The summed E-state index contributed by atoms with van der Waals surface area (Å²) in [5, 5.41) is 0. The number of allylic oxidation sites excluding steroid dienone is 4. The quantitative estimate of drug-likeness (QED) is 0.629. The summed E-state index contributed by atoms with van der Waals surface area (Å²) < 4.78 is 0. The summed E-state index contributed by atoms with van der Waals surface area (Å²) in [6.45, 7) is 3.93. The van der Waals surface area contributed by atoms with E-state index < -0.39 is 0 Å². The lowest BCUT2D eigenvalue weighted by Gasteiger charge is -1.95. The second-order valence-electron chi connectivity index (χ2n) is 3.86. The van der Waals surface area contributed by atoms with E-state index in [1.165, 1.54) is 0 Å². The molecule has 0 amide bonds. The Kier molecular flexibility index (Phi) is 3.57. The van der Waals surface area contributed by atoms with Crippen LogP contribution < -0.4 is 5.69 Å². The van der Waals surface area contributed by atoms with Crippen LogP contribution in [0.25, 0.3) is 11.0 Å². The summed E-state index contributed by atoms with van der Waals surface area (Å²) in [4.78, 5) is 20.9. The first-order valence-electron chi connectivity index (χ1n) is 5.78. The summed E-state index contributed by atoms with van der Waals surface area (Å²) in [6, 6.07) is 5.54. The van der Waals surface area contributed by atoms with Gasteiger partial charge >= 0.3 is 5.69 Å². The molecule has 1 aromatic carbocycles. The molecule has 0 spiro atoms. The molecule has 0 fully saturated rings. The normalized spacial score (nSPS) is 13.1. The minimum absolute atomic E-state index is 0.200. The number of H-pyrrole nitrogens is 2. The molecule has 2 rings (SSSR count). The molecule has 4 nitrogen and oxygen atoms in total. The fraction of sp³-hybridized carbons (Fsp3) is 0.143. The number of fused-ring (bicyclic) bond motifs is 1. The summed E-state index contributed by atoms with van der Waals surface area (Å²) in [5.74, 6) is 0. The number of rotatable bonds is 3. The minimum Gasteiger partial charge on any atom is -0.306 e. The highest BCUT2D eigenvalue weighted by molar-refractivity contribution is 5.86. The highest BCUT2D eigenvalue weighted by atomic mass is 16.1. The third-order valence-corrected chi connectivity index (χ3v) is 2.55. The molecule has 1 heterocycles. The van der Waals surface area contributed by atoms with E-state index in [1.807, 2.05) is 50.3 Å². The van der Waals surface area contributed by atoms with Gasteiger partial charge in [-0.25, -0.2) is 4.79 Å². The monoisotopic (exact) mass is 241 g/mol. The van der Waals surface area contributed by atoms with Crippen LogP contribution in [-0.4, -0.2) is 16.2 Å². The van der Waals surface area contributed by atoms with E-state index in [4.69, 9.17) is 0 Å². The lowest BCUT2D eigenvalue weighted by atomic mass is 10.2. The van der Waals surface area contributed by atoms with Gasteiger partial charge in [0, 0.05) is 6.21 Å². The van der Waals surface area contributed by atoms with Crippen LogP contribution in [0.1, 0.15) is 13.8 Å². The average Bonchev–Trinajstić information content (AvgIpc) is 2.73. The number of aliphatic imine (C=N–C) groups is 1. The lowest BCUT2D eigenvalue weighted by Crippen LogP contribution is -1.99. The molecular formula is C14H15N3O. The van der Waals surface area contributed by atoms with E-state index in [0.717, 1.165) is 22.3 Å². The van der Waals surface area contributed by atoms with Crippen molar-refractivity contribution in [3.05, 3.63) is 52.5 Å². The summed E-state index contributed by atoms with van der Waals surface area (Å²) in [6.07, 6.45) is 7.74. The molecule has 0 aliphatic heterocycles. The van der Waals surface area contributed by atoms with Crippen LogP contribution in [0.3, 0.4) is 0 Å². The number of aromatic amines is 2. The molecule has 0 aliphatic rings. The van der Waals surface area contributed by atoms with Gasteiger partial charge in [0.2, 0.25) is 0 Å². The van der Waals surface area contributed by atoms with Gasteiger partial charge in [-0.3, -0.25) is 4.99 Å².